The normalized spacial score (nSPS) is 14.2. The predicted molar refractivity (Wildman–Crippen MR) is 118 cm³/mol. The lowest BCUT2D eigenvalue weighted by atomic mass is 10.0. The quantitative estimate of drug-likeness (QED) is 0.622. The molecule has 9 heteroatoms. The lowest BCUT2D eigenvalue weighted by molar-refractivity contribution is 0.586. The van der Waals surface area contributed by atoms with E-state index in [4.69, 9.17) is 0 Å². The van der Waals surface area contributed by atoms with Crippen LogP contribution < -0.4 is 9.03 Å². The second-order valence-electron chi connectivity index (χ2n) is 7.40. The summed E-state index contributed by atoms with van der Waals surface area (Å²) in [5.41, 5.74) is 2.41. The number of rotatable bonds is 5. The number of anilines is 2. The average molecular weight is 461 g/mol. The maximum atomic E-state index is 13.5. The van der Waals surface area contributed by atoms with Crippen LogP contribution in [0.5, 0.6) is 0 Å². The fraction of sp³-hybridized carbons (Fsp3) is 0.182. The maximum absolute atomic E-state index is 13.5. The molecule has 0 amide bonds. The van der Waals surface area contributed by atoms with Gasteiger partial charge in [-0.2, -0.15) is 0 Å². The van der Waals surface area contributed by atoms with E-state index in [2.05, 4.69) is 4.72 Å². The fourth-order valence-corrected chi connectivity index (χ4v) is 6.15. The summed E-state index contributed by atoms with van der Waals surface area (Å²) in [7, 11) is -7.83. The number of sulfonamides is 2. The molecule has 0 aliphatic carbocycles. The largest absolute Gasteiger partial charge is 0.280 e. The van der Waals surface area contributed by atoms with Crippen molar-refractivity contribution in [2.75, 3.05) is 15.6 Å². The van der Waals surface area contributed by atoms with Crippen LogP contribution in [0.25, 0.3) is 0 Å². The Hall–Kier alpha value is -2.91. The second kappa shape index (κ2) is 7.97. The summed E-state index contributed by atoms with van der Waals surface area (Å²) in [5.74, 6) is -0.663. The van der Waals surface area contributed by atoms with Crippen LogP contribution in [-0.4, -0.2) is 23.4 Å². The highest BCUT2D eigenvalue weighted by molar-refractivity contribution is 7.93. The Morgan fingerprint density at radius 1 is 0.903 bits per heavy atom. The zero-order chi connectivity index (χ0) is 22.2. The van der Waals surface area contributed by atoms with Crippen molar-refractivity contribution in [3.05, 3.63) is 83.7 Å². The van der Waals surface area contributed by atoms with Crippen molar-refractivity contribution in [3.8, 4) is 0 Å². The molecule has 1 N–H and O–H groups in total. The van der Waals surface area contributed by atoms with Gasteiger partial charge in [0, 0.05) is 6.54 Å². The van der Waals surface area contributed by atoms with E-state index in [0.717, 1.165) is 23.3 Å². The van der Waals surface area contributed by atoms with E-state index in [9.17, 15) is 21.2 Å². The summed E-state index contributed by atoms with van der Waals surface area (Å²) >= 11 is 0. The molecule has 162 valence electrons. The molecule has 0 spiro atoms. The summed E-state index contributed by atoms with van der Waals surface area (Å²) in [6.07, 6.45) is 1.35. The van der Waals surface area contributed by atoms with Crippen molar-refractivity contribution < 1.29 is 21.2 Å². The topological polar surface area (TPSA) is 83.6 Å². The fourth-order valence-electron chi connectivity index (χ4n) is 3.54. The van der Waals surface area contributed by atoms with Crippen LogP contribution in [0.1, 0.15) is 17.5 Å². The van der Waals surface area contributed by atoms with Gasteiger partial charge in [-0.25, -0.2) is 21.2 Å². The first-order chi connectivity index (χ1) is 14.7. The van der Waals surface area contributed by atoms with Gasteiger partial charge in [-0.15, -0.1) is 0 Å². The zero-order valence-electron chi connectivity index (χ0n) is 16.7. The van der Waals surface area contributed by atoms with Gasteiger partial charge >= 0.3 is 0 Å². The highest BCUT2D eigenvalue weighted by Crippen LogP contribution is 2.34. The first kappa shape index (κ1) is 21.3. The summed E-state index contributed by atoms with van der Waals surface area (Å²) in [5, 5.41) is 0. The van der Waals surface area contributed by atoms with Crippen LogP contribution in [0.15, 0.2) is 76.5 Å². The minimum absolute atomic E-state index is 0.177. The number of hydrogen-bond donors (Lipinski definition) is 1. The highest BCUT2D eigenvalue weighted by Gasteiger charge is 2.29. The maximum Gasteiger partial charge on any atom is 0.264 e. The Bertz CT molecular complexity index is 1340. The zero-order valence-corrected chi connectivity index (χ0v) is 18.4. The minimum Gasteiger partial charge on any atom is -0.280 e. The lowest BCUT2D eigenvalue weighted by Crippen LogP contribution is -2.35. The van der Waals surface area contributed by atoms with Crippen molar-refractivity contribution in [3.63, 3.8) is 0 Å². The number of aryl methyl sites for hydroxylation is 2. The van der Waals surface area contributed by atoms with E-state index in [1.165, 1.54) is 22.5 Å². The Morgan fingerprint density at radius 3 is 2.35 bits per heavy atom. The molecule has 0 unspecified atom stereocenters. The van der Waals surface area contributed by atoms with Gasteiger partial charge in [0.15, 0.2) is 0 Å². The van der Waals surface area contributed by atoms with Crippen molar-refractivity contribution in [2.45, 2.75) is 29.6 Å². The van der Waals surface area contributed by atoms with E-state index in [-0.39, 0.29) is 15.5 Å². The van der Waals surface area contributed by atoms with Crippen LogP contribution in [0.4, 0.5) is 15.8 Å². The molecule has 6 nitrogen and oxygen atoms in total. The third kappa shape index (κ3) is 4.28. The van der Waals surface area contributed by atoms with Gasteiger partial charge in [0.05, 0.1) is 21.2 Å². The molecule has 4 rings (SSSR count). The number of fused-ring (bicyclic) bond motifs is 1. The minimum atomic E-state index is -4.03. The van der Waals surface area contributed by atoms with Crippen molar-refractivity contribution in [2.24, 2.45) is 0 Å². The second-order valence-corrected chi connectivity index (χ2v) is 10.9. The molecule has 3 aromatic rings. The van der Waals surface area contributed by atoms with Gasteiger partial charge < -0.3 is 0 Å². The molecule has 0 radical (unpaired) electrons. The van der Waals surface area contributed by atoms with Gasteiger partial charge in [-0.1, -0.05) is 29.8 Å². The van der Waals surface area contributed by atoms with Gasteiger partial charge in [0.2, 0.25) is 0 Å². The monoisotopic (exact) mass is 460 g/mol. The standard InChI is InChI=1S/C22H21FN2O4S2/c1-16-7-11-20(12-8-16)31(28,29)25-13-3-4-17-9-10-19(15-22(17)25)24-30(26,27)21-6-2-5-18(23)14-21/h2,5-12,14-15,24H,3-4,13H2,1H3. The third-order valence-corrected chi connectivity index (χ3v) is 8.34. The first-order valence-corrected chi connectivity index (χ1v) is 12.6. The predicted octanol–water partition coefficient (Wildman–Crippen LogP) is 4.08. The van der Waals surface area contributed by atoms with Gasteiger partial charge in [-0.05, 0) is 67.8 Å². The highest BCUT2D eigenvalue weighted by atomic mass is 32.2. The Kier molecular flexibility index (Phi) is 5.49. The molecule has 0 saturated carbocycles. The van der Waals surface area contributed by atoms with Gasteiger partial charge in [-0.3, -0.25) is 9.03 Å². The molecule has 0 bridgehead atoms. The van der Waals surface area contributed by atoms with Crippen LogP contribution in [-0.2, 0) is 26.5 Å². The molecule has 0 atom stereocenters. The molecule has 1 aliphatic rings. The molecular formula is C22H21FN2O4S2. The molecule has 3 aromatic carbocycles. The number of nitrogens with zero attached hydrogens (tertiary/aromatic N) is 1. The summed E-state index contributed by atoms with van der Waals surface area (Å²) in [6, 6.07) is 16.1. The Labute approximate surface area is 181 Å². The number of hydrogen-bond acceptors (Lipinski definition) is 4. The van der Waals surface area contributed by atoms with E-state index < -0.39 is 25.9 Å². The van der Waals surface area contributed by atoms with Crippen molar-refractivity contribution >= 4 is 31.4 Å². The summed E-state index contributed by atoms with van der Waals surface area (Å²) < 4.78 is 69.0. The number of halogens is 1. The van der Waals surface area contributed by atoms with Gasteiger partial charge in [0.1, 0.15) is 5.82 Å². The van der Waals surface area contributed by atoms with Crippen LogP contribution in [0.3, 0.4) is 0 Å². The van der Waals surface area contributed by atoms with E-state index in [1.54, 1.807) is 36.4 Å². The molecule has 0 fully saturated rings. The first-order valence-electron chi connectivity index (χ1n) is 9.67. The van der Waals surface area contributed by atoms with E-state index in [0.29, 0.717) is 25.1 Å². The number of nitrogens with one attached hydrogen (secondary N) is 1. The van der Waals surface area contributed by atoms with Crippen LogP contribution in [0.2, 0.25) is 0 Å². The molecule has 31 heavy (non-hydrogen) atoms. The van der Waals surface area contributed by atoms with E-state index >= 15 is 0 Å². The Balaban J connectivity index is 1.71. The van der Waals surface area contributed by atoms with Crippen molar-refractivity contribution in [1.29, 1.82) is 0 Å². The molecule has 0 saturated heterocycles. The lowest BCUT2D eigenvalue weighted by Gasteiger charge is -2.31. The summed E-state index contributed by atoms with van der Waals surface area (Å²) in [6.45, 7) is 2.17. The third-order valence-electron chi connectivity index (χ3n) is 5.13. The Morgan fingerprint density at radius 2 is 1.65 bits per heavy atom. The molecule has 1 heterocycles. The summed E-state index contributed by atoms with van der Waals surface area (Å²) in [4.78, 5) is -0.0361. The SMILES string of the molecule is Cc1ccc(S(=O)(=O)N2CCCc3ccc(NS(=O)(=O)c4cccc(F)c4)cc32)cc1. The average Bonchev–Trinajstić information content (AvgIpc) is 2.73. The van der Waals surface area contributed by atoms with Crippen LogP contribution in [0, 0.1) is 12.7 Å². The van der Waals surface area contributed by atoms with Crippen LogP contribution >= 0.6 is 0 Å². The van der Waals surface area contributed by atoms with Crippen molar-refractivity contribution in [1.82, 2.24) is 0 Å². The van der Waals surface area contributed by atoms with E-state index in [1.807, 2.05) is 6.92 Å². The smallest absolute Gasteiger partial charge is 0.264 e. The molecule has 1 aliphatic heterocycles. The molecular weight excluding hydrogens is 439 g/mol. The molecule has 0 aromatic heterocycles. The van der Waals surface area contributed by atoms with Gasteiger partial charge in [0.25, 0.3) is 20.0 Å². The number of benzene rings is 3.